The molecule has 0 fully saturated rings. The van der Waals surface area contributed by atoms with Crippen LogP contribution in [-0.2, 0) is 4.79 Å². The number of unbranched alkanes of at least 4 members (excludes halogenated alkanes) is 17. The van der Waals surface area contributed by atoms with Gasteiger partial charge in [0, 0.05) is 18.7 Å². The van der Waals surface area contributed by atoms with Crippen molar-refractivity contribution in [1.82, 2.24) is 0 Å². The van der Waals surface area contributed by atoms with Crippen molar-refractivity contribution in [1.29, 1.82) is 0 Å². The molecule has 0 unspecified atom stereocenters. The van der Waals surface area contributed by atoms with Gasteiger partial charge in [-0.15, -0.1) is 0 Å². The highest BCUT2D eigenvalue weighted by molar-refractivity contribution is 8.13. The highest BCUT2D eigenvalue weighted by Crippen LogP contribution is 2.25. The maximum atomic E-state index is 13.0. The van der Waals surface area contributed by atoms with E-state index in [9.17, 15) is 24.0 Å². The zero-order chi connectivity index (χ0) is 50.3. The standard InChI is InChI=1S/C59H70O11S/c1-3-4-5-6-7-8-10-13-16-19-41-65-50-33-25-46(26-34-50)56(61)67-52-37-29-48(30-38-52)58(63)69-54-23-22-24-55(44-54)70-59(64)49-31-39-53(40-32-49)68-57(62)47-27-35-51(36-28-47)66-42-20-17-14-11-9-12-15-18-21-43-71-45(2)60/h22-40,44H,3-21,41-43H2,1-2H3. The molecule has 5 rings (SSSR count). The van der Waals surface area contributed by atoms with E-state index < -0.39 is 23.9 Å². The van der Waals surface area contributed by atoms with Crippen molar-refractivity contribution in [3.05, 3.63) is 144 Å². The van der Waals surface area contributed by atoms with Gasteiger partial charge in [-0.3, -0.25) is 4.79 Å². The maximum Gasteiger partial charge on any atom is 0.343 e. The summed E-state index contributed by atoms with van der Waals surface area (Å²) < 4.78 is 33.9. The summed E-state index contributed by atoms with van der Waals surface area (Å²) in [6.45, 7) is 5.11. The lowest BCUT2D eigenvalue weighted by molar-refractivity contribution is -0.109. The molecule has 0 radical (unpaired) electrons. The minimum atomic E-state index is -0.667. The van der Waals surface area contributed by atoms with E-state index in [1.165, 1.54) is 156 Å². The third kappa shape index (κ3) is 22.1. The van der Waals surface area contributed by atoms with Crippen LogP contribution in [0.25, 0.3) is 0 Å². The predicted molar refractivity (Wildman–Crippen MR) is 280 cm³/mol. The van der Waals surface area contributed by atoms with Crippen molar-refractivity contribution in [2.24, 2.45) is 0 Å². The SMILES string of the molecule is CCCCCCCCCCCCOc1ccc(C(=O)Oc2ccc(C(=O)Oc3cccc(OC(=O)c4ccc(OC(=O)c5ccc(OCCCCCCCCCCCSC(C)=O)cc5)cc4)c3)cc2)cc1. The fraction of sp³-hybridized carbons (Fsp3) is 0.407. The number of rotatable bonds is 33. The second kappa shape index (κ2) is 32.5. The van der Waals surface area contributed by atoms with Gasteiger partial charge < -0.3 is 28.4 Å². The van der Waals surface area contributed by atoms with Gasteiger partial charge >= 0.3 is 23.9 Å². The molecule has 5 aromatic rings. The Bertz CT molecular complexity index is 2360. The minimum Gasteiger partial charge on any atom is -0.494 e. The highest BCUT2D eigenvalue weighted by atomic mass is 32.2. The van der Waals surface area contributed by atoms with E-state index in [-0.39, 0.29) is 39.2 Å². The van der Waals surface area contributed by atoms with Crippen molar-refractivity contribution >= 4 is 40.8 Å². The number of ether oxygens (including phenoxy) is 6. The van der Waals surface area contributed by atoms with Crippen LogP contribution in [0.1, 0.15) is 177 Å². The highest BCUT2D eigenvalue weighted by Gasteiger charge is 2.16. The molecular weight excluding hydrogens is 917 g/mol. The summed E-state index contributed by atoms with van der Waals surface area (Å²) >= 11 is 1.42. The summed E-state index contributed by atoms with van der Waals surface area (Å²) in [5.74, 6) is 0.696. The zero-order valence-electron chi connectivity index (χ0n) is 41.5. The van der Waals surface area contributed by atoms with Crippen LogP contribution >= 0.6 is 11.8 Å². The van der Waals surface area contributed by atoms with E-state index in [1.54, 1.807) is 73.7 Å². The summed E-state index contributed by atoms with van der Waals surface area (Å²) in [6, 6.07) is 31.7. The van der Waals surface area contributed by atoms with E-state index in [0.717, 1.165) is 37.9 Å². The Hall–Kier alpha value is -6.40. The first-order chi connectivity index (χ1) is 34.7. The number of carbonyl (C=O) groups is 5. The van der Waals surface area contributed by atoms with E-state index in [1.807, 2.05) is 0 Å². The van der Waals surface area contributed by atoms with Gasteiger partial charge in [0.25, 0.3) is 0 Å². The molecule has 0 aliphatic carbocycles. The third-order valence-corrected chi connectivity index (χ3v) is 12.5. The third-order valence-electron chi connectivity index (χ3n) is 11.6. The van der Waals surface area contributed by atoms with Crippen molar-refractivity contribution in [3.63, 3.8) is 0 Å². The molecule has 0 saturated heterocycles. The summed E-state index contributed by atoms with van der Waals surface area (Å²) in [5.41, 5.74) is 1.15. The zero-order valence-corrected chi connectivity index (χ0v) is 42.3. The van der Waals surface area contributed by atoms with Gasteiger partial charge in [0.1, 0.15) is 34.5 Å². The molecule has 11 nitrogen and oxygen atoms in total. The number of hydrogen-bond acceptors (Lipinski definition) is 12. The summed E-state index contributed by atoms with van der Waals surface area (Å²) in [6.07, 6.45) is 23.1. The Morgan fingerprint density at radius 3 is 0.986 bits per heavy atom. The molecule has 0 amide bonds. The number of thioether (sulfide) groups is 1. The van der Waals surface area contributed by atoms with Crippen LogP contribution in [0.15, 0.2) is 121 Å². The lowest BCUT2D eigenvalue weighted by Gasteiger charge is -2.09. The quantitative estimate of drug-likeness (QED) is 0.0224. The summed E-state index contributed by atoms with van der Waals surface area (Å²) in [5, 5.41) is 0.200. The molecule has 0 aliphatic heterocycles. The lowest BCUT2D eigenvalue weighted by Crippen LogP contribution is -2.11. The Kier molecular flexibility index (Phi) is 25.4. The Labute approximate surface area is 424 Å². The first kappa shape index (κ1) is 55.5. The van der Waals surface area contributed by atoms with Gasteiger partial charge in [0.2, 0.25) is 0 Å². The first-order valence-electron chi connectivity index (χ1n) is 25.4. The van der Waals surface area contributed by atoms with Crippen molar-refractivity contribution < 1.29 is 52.4 Å². The predicted octanol–water partition coefficient (Wildman–Crippen LogP) is 15.0. The van der Waals surface area contributed by atoms with Gasteiger partial charge in [-0.2, -0.15) is 0 Å². The Morgan fingerprint density at radius 1 is 0.352 bits per heavy atom. The van der Waals surface area contributed by atoms with Crippen LogP contribution in [0.2, 0.25) is 0 Å². The van der Waals surface area contributed by atoms with Gasteiger partial charge in [-0.1, -0.05) is 127 Å². The van der Waals surface area contributed by atoms with Crippen LogP contribution in [-0.4, -0.2) is 48.0 Å². The van der Waals surface area contributed by atoms with Crippen molar-refractivity contribution in [2.45, 2.75) is 136 Å². The van der Waals surface area contributed by atoms with Crippen molar-refractivity contribution in [3.8, 4) is 34.5 Å². The van der Waals surface area contributed by atoms with E-state index in [4.69, 9.17) is 28.4 Å². The molecule has 0 bridgehead atoms. The smallest absolute Gasteiger partial charge is 0.343 e. The number of esters is 4. The average Bonchev–Trinajstić information content (AvgIpc) is 3.37. The van der Waals surface area contributed by atoms with Crippen molar-refractivity contribution in [2.75, 3.05) is 19.0 Å². The molecule has 5 aromatic carbocycles. The monoisotopic (exact) mass is 986 g/mol. The number of carbonyl (C=O) groups excluding carboxylic acids is 5. The first-order valence-corrected chi connectivity index (χ1v) is 26.4. The van der Waals surface area contributed by atoms with Gasteiger partial charge in [0.05, 0.1) is 35.5 Å². The fourth-order valence-corrected chi connectivity index (χ4v) is 8.22. The topological polar surface area (TPSA) is 141 Å². The largest absolute Gasteiger partial charge is 0.494 e. The normalized spacial score (nSPS) is 10.8. The summed E-state index contributed by atoms with van der Waals surface area (Å²) in [4.78, 5) is 62.6. The molecular formula is C59H70O11S. The molecule has 12 heteroatoms. The molecule has 0 heterocycles. The summed E-state index contributed by atoms with van der Waals surface area (Å²) in [7, 11) is 0. The molecule has 0 atom stereocenters. The maximum absolute atomic E-state index is 13.0. The van der Waals surface area contributed by atoms with Crippen LogP contribution in [0.5, 0.6) is 34.5 Å². The van der Waals surface area contributed by atoms with Gasteiger partial charge in [0.15, 0.2) is 5.12 Å². The van der Waals surface area contributed by atoms with Crippen LogP contribution in [0.3, 0.4) is 0 Å². The molecule has 0 N–H and O–H groups in total. The molecule has 0 aliphatic rings. The molecule has 0 aromatic heterocycles. The second-order valence-electron chi connectivity index (χ2n) is 17.5. The second-order valence-corrected chi connectivity index (χ2v) is 18.8. The van der Waals surface area contributed by atoms with Crippen LogP contribution in [0, 0.1) is 0 Å². The molecule has 378 valence electrons. The fourth-order valence-electron chi connectivity index (χ4n) is 7.58. The van der Waals surface area contributed by atoms with Crippen LogP contribution < -0.4 is 28.4 Å². The molecule has 71 heavy (non-hydrogen) atoms. The van der Waals surface area contributed by atoms with E-state index >= 15 is 0 Å². The van der Waals surface area contributed by atoms with E-state index in [2.05, 4.69) is 6.92 Å². The minimum absolute atomic E-state index is 0.148. The lowest BCUT2D eigenvalue weighted by atomic mass is 10.1. The van der Waals surface area contributed by atoms with Gasteiger partial charge in [-0.25, -0.2) is 19.2 Å². The Morgan fingerprint density at radius 2 is 0.648 bits per heavy atom. The Balaban J connectivity index is 0.954. The number of hydrogen-bond donors (Lipinski definition) is 0. The molecule has 0 spiro atoms. The van der Waals surface area contributed by atoms with Crippen LogP contribution in [0.4, 0.5) is 0 Å². The van der Waals surface area contributed by atoms with Gasteiger partial charge in [-0.05, 0) is 128 Å². The molecule has 0 saturated carbocycles. The average molecular weight is 987 g/mol. The number of benzene rings is 5. The van der Waals surface area contributed by atoms with E-state index in [0.29, 0.717) is 35.8 Å².